The Morgan fingerprint density at radius 2 is 1.18 bits per heavy atom. The molecule has 244 valence electrons. The van der Waals surface area contributed by atoms with Gasteiger partial charge in [-0.1, -0.05) is 25.3 Å². The predicted octanol–water partition coefficient (Wildman–Crippen LogP) is 3.60. The zero-order chi connectivity index (χ0) is 31.9. The molecule has 8 atom stereocenters. The minimum atomic E-state index is -0.421. The lowest BCUT2D eigenvalue weighted by atomic mass is 9.84. The molecule has 2 aliphatic carbocycles. The van der Waals surface area contributed by atoms with E-state index in [1.54, 1.807) is 0 Å². The predicted molar refractivity (Wildman–Crippen MR) is 157 cm³/mol. The van der Waals surface area contributed by atoms with Crippen molar-refractivity contribution in [1.82, 2.24) is 0 Å². The second-order valence-electron chi connectivity index (χ2n) is 13.2. The molecule has 11 heteroatoms. The van der Waals surface area contributed by atoms with Crippen molar-refractivity contribution in [2.24, 2.45) is 11.8 Å². The minimum absolute atomic E-state index is 0.0492. The van der Waals surface area contributed by atoms with Crippen LogP contribution in [0.5, 0.6) is 0 Å². The standard InChI is InChI=1S/C34H42O11/c1-19-23-11-9-21(7-5-13-33(3)27(44-33)25(23)42-29(19)35)31(37)40-17-15-39-16-18-41-32(38)22-8-6-14-34(4)28(45-34)26-24(12-10-22)20(2)30(36)43-26/h7-8,23-28H,1-2,5-6,9-18H2,3-4H3/b21-7+,22-8+/t23-,24-,25-,26-,27-,28-,33+,34+/m0/s1. The third-order valence-electron chi connectivity index (χ3n) is 10.1. The fourth-order valence-electron chi connectivity index (χ4n) is 7.17. The van der Waals surface area contributed by atoms with Crippen molar-refractivity contribution in [2.45, 2.75) is 101 Å². The van der Waals surface area contributed by atoms with E-state index in [1.807, 2.05) is 26.0 Å². The summed E-state index contributed by atoms with van der Waals surface area (Å²) in [6.45, 7) is 12.2. The van der Waals surface area contributed by atoms with Gasteiger partial charge in [0.05, 0.1) is 24.4 Å². The lowest BCUT2D eigenvalue weighted by Crippen LogP contribution is -2.29. The fourth-order valence-corrected chi connectivity index (χ4v) is 7.17. The molecule has 6 rings (SSSR count). The van der Waals surface area contributed by atoms with Crippen molar-refractivity contribution >= 4 is 23.9 Å². The number of rotatable bonds is 8. The molecule has 0 N–H and O–H groups in total. The molecule has 0 saturated carbocycles. The van der Waals surface area contributed by atoms with E-state index >= 15 is 0 Å². The third kappa shape index (κ3) is 6.53. The number of carbonyl (C=O) groups excluding carboxylic acids is 4. The summed E-state index contributed by atoms with van der Waals surface area (Å²) in [7, 11) is 0. The number of carbonyl (C=O) groups is 4. The SMILES string of the molecule is C=C1C(=O)O[C@H]2[C@H]1CC/C(C(=O)OCCOCCOC(=O)/C1=C/CC[C@@]3(C)O[C@H]3[C@H]3OC(=O)C(=C)[C@@H]3CC1)=C\CC[C@@]1(C)O[C@@H]21. The monoisotopic (exact) mass is 626 g/mol. The van der Waals surface area contributed by atoms with Gasteiger partial charge in [-0.3, -0.25) is 0 Å². The van der Waals surface area contributed by atoms with Crippen molar-refractivity contribution < 1.29 is 52.3 Å². The number of esters is 4. The Labute approximate surface area is 262 Å². The summed E-state index contributed by atoms with van der Waals surface area (Å²) in [5.41, 5.74) is 1.20. The lowest BCUT2D eigenvalue weighted by Gasteiger charge is -2.19. The van der Waals surface area contributed by atoms with Gasteiger partial charge in [0.2, 0.25) is 0 Å². The van der Waals surface area contributed by atoms with Gasteiger partial charge in [-0.2, -0.15) is 0 Å². The highest BCUT2D eigenvalue weighted by molar-refractivity contribution is 5.92. The van der Waals surface area contributed by atoms with Crippen molar-refractivity contribution in [1.29, 1.82) is 0 Å². The van der Waals surface area contributed by atoms with E-state index in [1.165, 1.54) is 0 Å². The molecule has 0 radical (unpaired) electrons. The van der Waals surface area contributed by atoms with E-state index in [9.17, 15) is 19.2 Å². The average molecular weight is 627 g/mol. The fraction of sp³-hybridized carbons (Fsp3) is 0.647. The topological polar surface area (TPSA) is 139 Å². The second kappa shape index (κ2) is 12.5. The molecule has 11 nitrogen and oxygen atoms in total. The number of ether oxygens (including phenoxy) is 7. The first-order valence-electron chi connectivity index (χ1n) is 16.0. The van der Waals surface area contributed by atoms with Gasteiger partial charge in [0.25, 0.3) is 0 Å². The van der Waals surface area contributed by atoms with Gasteiger partial charge in [0.1, 0.15) is 37.6 Å². The van der Waals surface area contributed by atoms with Crippen LogP contribution in [0.2, 0.25) is 0 Å². The minimum Gasteiger partial charge on any atom is -0.460 e. The molecule has 0 aromatic carbocycles. The van der Waals surface area contributed by atoms with E-state index in [2.05, 4.69) is 13.2 Å². The molecule has 4 aliphatic heterocycles. The van der Waals surface area contributed by atoms with Crippen molar-refractivity contribution in [3.63, 3.8) is 0 Å². The smallest absolute Gasteiger partial charge is 0.334 e. The maximum Gasteiger partial charge on any atom is 0.334 e. The molecule has 0 spiro atoms. The highest BCUT2D eigenvalue weighted by Gasteiger charge is 2.62. The Balaban J connectivity index is 0.916. The van der Waals surface area contributed by atoms with Gasteiger partial charge in [-0.25, -0.2) is 19.2 Å². The maximum absolute atomic E-state index is 12.9. The van der Waals surface area contributed by atoms with Crippen LogP contribution in [0.25, 0.3) is 0 Å². The van der Waals surface area contributed by atoms with Gasteiger partial charge < -0.3 is 33.2 Å². The number of allylic oxidation sites excluding steroid dienone is 2. The van der Waals surface area contributed by atoms with Crippen LogP contribution in [-0.2, 0) is 52.3 Å². The maximum atomic E-state index is 12.9. The van der Waals surface area contributed by atoms with E-state index < -0.39 is 23.9 Å². The summed E-state index contributed by atoms with van der Waals surface area (Å²) in [4.78, 5) is 50.1. The molecule has 4 heterocycles. The Bertz CT molecular complexity index is 1250. The molecule has 0 bridgehead atoms. The average Bonchev–Trinajstić information content (AvgIpc) is 3.82. The molecule has 0 aromatic rings. The summed E-state index contributed by atoms with van der Waals surface area (Å²) < 4.78 is 39.4. The Hall–Kier alpha value is -3.28. The Morgan fingerprint density at radius 3 is 1.60 bits per heavy atom. The van der Waals surface area contributed by atoms with Crippen LogP contribution < -0.4 is 0 Å². The van der Waals surface area contributed by atoms with Crippen molar-refractivity contribution in [3.05, 3.63) is 47.6 Å². The van der Waals surface area contributed by atoms with E-state index in [-0.39, 0.29) is 73.9 Å². The molecular weight excluding hydrogens is 584 g/mol. The zero-order valence-electron chi connectivity index (χ0n) is 26.0. The molecule has 0 amide bonds. The number of epoxide rings is 2. The summed E-state index contributed by atoms with van der Waals surface area (Å²) >= 11 is 0. The van der Waals surface area contributed by atoms with Gasteiger partial charge in [0, 0.05) is 34.1 Å². The second-order valence-corrected chi connectivity index (χ2v) is 13.2. The Morgan fingerprint density at radius 1 is 0.756 bits per heavy atom. The van der Waals surface area contributed by atoms with Crippen LogP contribution in [0.3, 0.4) is 0 Å². The zero-order valence-corrected chi connectivity index (χ0v) is 26.0. The van der Waals surface area contributed by atoms with Gasteiger partial charge in [-0.15, -0.1) is 0 Å². The van der Waals surface area contributed by atoms with Crippen LogP contribution in [0.1, 0.15) is 65.2 Å². The van der Waals surface area contributed by atoms with Crippen LogP contribution in [0, 0.1) is 11.8 Å². The normalized spacial score (nSPS) is 39.7. The van der Waals surface area contributed by atoms with Crippen LogP contribution in [-0.4, -0.2) is 85.9 Å². The summed E-state index contributed by atoms with van der Waals surface area (Å²) in [6, 6.07) is 0. The number of fused-ring (bicyclic) bond motifs is 6. The first kappa shape index (κ1) is 31.7. The van der Waals surface area contributed by atoms with Gasteiger partial charge in [-0.05, 0) is 65.2 Å². The Kier molecular flexibility index (Phi) is 8.80. The lowest BCUT2D eigenvalue weighted by molar-refractivity contribution is -0.143. The van der Waals surface area contributed by atoms with Crippen LogP contribution >= 0.6 is 0 Å². The van der Waals surface area contributed by atoms with E-state index in [0.29, 0.717) is 73.7 Å². The molecule has 45 heavy (non-hydrogen) atoms. The third-order valence-corrected chi connectivity index (χ3v) is 10.1. The van der Waals surface area contributed by atoms with Gasteiger partial charge >= 0.3 is 23.9 Å². The summed E-state index contributed by atoms with van der Waals surface area (Å²) in [5.74, 6) is -2.03. The highest BCUT2D eigenvalue weighted by Crippen LogP contribution is 2.51. The van der Waals surface area contributed by atoms with Crippen LogP contribution in [0.4, 0.5) is 0 Å². The number of hydrogen-bond donors (Lipinski definition) is 0. The summed E-state index contributed by atoms with van der Waals surface area (Å²) in [6.07, 6.45) is 7.46. The van der Waals surface area contributed by atoms with Crippen molar-refractivity contribution in [3.8, 4) is 0 Å². The quantitative estimate of drug-likeness (QED) is 0.128. The molecule has 6 aliphatic rings. The van der Waals surface area contributed by atoms with Crippen molar-refractivity contribution in [2.75, 3.05) is 26.4 Å². The molecular formula is C34H42O11. The first-order chi connectivity index (χ1) is 21.5. The number of hydrogen-bond acceptors (Lipinski definition) is 11. The molecule has 4 fully saturated rings. The molecule has 0 unspecified atom stereocenters. The molecule has 4 saturated heterocycles. The van der Waals surface area contributed by atoms with Crippen LogP contribution in [0.15, 0.2) is 47.6 Å². The highest BCUT2D eigenvalue weighted by atomic mass is 16.7. The molecule has 0 aromatic heterocycles. The largest absolute Gasteiger partial charge is 0.460 e. The van der Waals surface area contributed by atoms with Gasteiger partial charge in [0.15, 0.2) is 0 Å². The van der Waals surface area contributed by atoms with E-state index in [4.69, 9.17) is 33.2 Å². The first-order valence-corrected chi connectivity index (χ1v) is 16.0. The van der Waals surface area contributed by atoms with E-state index in [0.717, 1.165) is 0 Å². The summed E-state index contributed by atoms with van der Waals surface area (Å²) in [5, 5.41) is 0.